The molecule has 0 aliphatic rings. The smallest absolute Gasteiger partial charge is 0.132 e. The summed E-state index contributed by atoms with van der Waals surface area (Å²) in [6.07, 6.45) is 4.51. The number of rotatable bonds is 9. The third-order valence-corrected chi connectivity index (χ3v) is 5.63. The second-order valence-corrected chi connectivity index (χ2v) is 8.49. The summed E-state index contributed by atoms with van der Waals surface area (Å²) in [7, 11) is 2.15. The molecule has 0 saturated heterocycles. The van der Waals surface area contributed by atoms with Crippen molar-refractivity contribution in [2.45, 2.75) is 93.9 Å². The van der Waals surface area contributed by atoms with Crippen molar-refractivity contribution in [2.24, 2.45) is 5.92 Å². The summed E-state index contributed by atoms with van der Waals surface area (Å²) in [5.74, 6) is 2.25. The van der Waals surface area contributed by atoms with Gasteiger partial charge < -0.3 is 4.90 Å². The average Bonchev–Trinajstić information content (AvgIpc) is 2.74. The molecule has 168 valence electrons. The van der Waals surface area contributed by atoms with Gasteiger partial charge in [0, 0.05) is 30.5 Å². The molecule has 0 bridgehead atoms. The molecule has 3 heteroatoms. The number of pyridine rings is 2. The minimum Gasteiger partial charge on any atom is -0.360 e. The molecular weight excluding hydrogens is 366 g/mol. The molecule has 0 aromatic carbocycles. The third kappa shape index (κ3) is 6.55. The highest BCUT2D eigenvalue weighted by Crippen LogP contribution is 2.32. The SMILES string of the molecule is CC.CCCC(C)Cc1cc(C)c(-c2ccc(C(C)C)nc2CC)nc1N(C)CC. The van der Waals surface area contributed by atoms with E-state index >= 15 is 0 Å². The summed E-state index contributed by atoms with van der Waals surface area (Å²) in [6.45, 7) is 20.5. The Morgan fingerprint density at radius 3 is 2.20 bits per heavy atom. The van der Waals surface area contributed by atoms with E-state index in [0.29, 0.717) is 11.8 Å². The second kappa shape index (κ2) is 12.7. The van der Waals surface area contributed by atoms with Gasteiger partial charge in [-0.05, 0) is 61.8 Å². The molecule has 0 fully saturated rings. The highest BCUT2D eigenvalue weighted by molar-refractivity contribution is 5.69. The molecule has 0 radical (unpaired) electrons. The van der Waals surface area contributed by atoms with Gasteiger partial charge in [0.15, 0.2) is 0 Å². The van der Waals surface area contributed by atoms with Crippen molar-refractivity contribution in [3.63, 3.8) is 0 Å². The van der Waals surface area contributed by atoms with Crippen molar-refractivity contribution in [1.29, 1.82) is 0 Å². The lowest BCUT2D eigenvalue weighted by Gasteiger charge is -2.24. The zero-order chi connectivity index (χ0) is 22.8. The van der Waals surface area contributed by atoms with Crippen LogP contribution < -0.4 is 4.90 Å². The minimum absolute atomic E-state index is 0.442. The standard InChI is InChI=1S/C25H39N3.C2H6/c1-9-12-18(6)15-20-16-19(7)24(27-25(20)28(8)11-3)21-13-14-23(17(4)5)26-22(21)10-2;1-2/h13-14,16-18H,9-12,15H2,1-8H3;1-2H3. The Hall–Kier alpha value is -1.90. The Morgan fingerprint density at radius 2 is 1.67 bits per heavy atom. The maximum Gasteiger partial charge on any atom is 0.132 e. The van der Waals surface area contributed by atoms with Crippen LogP contribution in [0.1, 0.15) is 96.7 Å². The van der Waals surface area contributed by atoms with E-state index in [0.717, 1.165) is 42.3 Å². The lowest BCUT2D eigenvalue weighted by molar-refractivity contribution is 0.521. The fourth-order valence-corrected chi connectivity index (χ4v) is 3.86. The van der Waals surface area contributed by atoms with Crippen molar-refractivity contribution in [1.82, 2.24) is 9.97 Å². The molecule has 3 nitrogen and oxygen atoms in total. The van der Waals surface area contributed by atoms with Crippen LogP contribution in [0.15, 0.2) is 18.2 Å². The van der Waals surface area contributed by atoms with Gasteiger partial charge in [-0.15, -0.1) is 0 Å². The van der Waals surface area contributed by atoms with E-state index in [-0.39, 0.29) is 0 Å². The summed E-state index contributed by atoms with van der Waals surface area (Å²) in [4.78, 5) is 12.4. The van der Waals surface area contributed by atoms with E-state index in [1.807, 2.05) is 13.8 Å². The van der Waals surface area contributed by atoms with E-state index in [2.05, 4.69) is 78.6 Å². The first-order chi connectivity index (χ1) is 14.3. The molecule has 2 rings (SSSR count). The minimum atomic E-state index is 0.442. The van der Waals surface area contributed by atoms with Crippen LogP contribution in [0.5, 0.6) is 0 Å². The van der Waals surface area contributed by atoms with Crippen LogP contribution in [0, 0.1) is 12.8 Å². The third-order valence-electron chi connectivity index (χ3n) is 5.63. The average molecular weight is 412 g/mol. The van der Waals surface area contributed by atoms with Crippen molar-refractivity contribution in [2.75, 3.05) is 18.5 Å². The molecule has 0 aliphatic heterocycles. The fourth-order valence-electron chi connectivity index (χ4n) is 3.86. The molecule has 0 aliphatic carbocycles. The molecule has 1 atom stereocenters. The Labute approximate surface area is 186 Å². The van der Waals surface area contributed by atoms with Gasteiger partial charge in [0.2, 0.25) is 0 Å². The first-order valence-corrected chi connectivity index (χ1v) is 12.0. The van der Waals surface area contributed by atoms with Gasteiger partial charge in [0.25, 0.3) is 0 Å². The first-order valence-electron chi connectivity index (χ1n) is 12.0. The van der Waals surface area contributed by atoms with E-state index in [1.165, 1.54) is 29.5 Å². The lowest BCUT2D eigenvalue weighted by Crippen LogP contribution is -2.20. The van der Waals surface area contributed by atoms with Gasteiger partial charge in [-0.2, -0.15) is 0 Å². The number of hydrogen-bond donors (Lipinski definition) is 0. The predicted molar refractivity (Wildman–Crippen MR) is 134 cm³/mol. The summed E-state index contributed by atoms with van der Waals surface area (Å²) < 4.78 is 0. The van der Waals surface area contributed by atoms with E-state index in [1.54, 1.807) is 0 Å². The molecular formula is C27H45N3. The van der Waals surface area contributed by atoms with Crippen LogP contribution in [-0.2, 0) is 12.8 Å². The predicted octanol–water partition coefficient (Wildman–Crippen LogP) is 7.60. The van der Waals surface area contributed by atoms with Crippen molar-refractivity contribution < 1.29 is 0 Å². The van der Waals surface area contributed by atoms with Crippen LogP contribution in [0.25, 0.3) is 11.3 Å². The summed E-state index contributed by atoms with van der Waals surface area (Å²) in [6, 6.07) is 6.76. The molecule has 30 heavy (non-hydrogen) atoms. The zero-order valence-electron chi connectivity index (χ0n) is 21.3. The van der Waals surface area contributed by atoms with Crippen LogP contribution in [0.2, 0.25) is 0 Å². The molecule has 2 aromatic heterocycles. The van der Waals surface area contributed by atoms with Gasteiger partial charge >= 0.3 is 0 Å². The number of anilines is 1. The molecule has 0 N–H and O–H groups in total. The summed E-state index contributed by atoms with van der Waals surface area (Å²) in [5, 5.41) is 0. The van der Waals surface area contributed by atoms with Crippen molar-refractivity contribution in [3.8, 4) is 11.3 Å². The summed E-state index contributed by atoms with van der Waals surface area (Å²) in [5.41, 5.74) is 7.20. The van der Waals surface area contributed by atoms with Gasteiger partial charge in [0.05, 0.1) is 5.69 Å². The quantitative estimate of drug-likeness (QED) is 0.425. The molecule has 0 amide bonds. The number of aromatic nitrogens is 2. The highest BCUT2D eigenvalue weighted by Gasteiger charge is 2.18. The molecule has 2 heterocycles. The lowest BCUT2D eigenvalue weighted by atomic mass is 9.94. The number of hydrogen-bond acceptors (Lipinski definition) is 3. The van der Waals surface area contributed by atoms with E-state index in [9.17, 15) is 0 Å². The number of aryl methyl sites for hydroxylation is 2. The van der Waals surface area contributed by atoms with Gasteiger partial charge in [0.1, 0.15) is 5.82 Å². The van der Waals surface area contributed by atoms with Gasteiger partial charge in [-0.1, -0.05) is 67.4 Å². The van der Waals surface area contributed by atoms with E-state index < -0.39 is 0 Å². The number of nitrogens with zero attached hydrogens (tertiary/aromatic N) is 3. The highest BCUT2D eigenvalue weighted by atomic mass is 15.2. The van der Waals surface area contributed by atoms with Crippen LogP contribution >= 0.6 is 0 Å². The maximum absolute atomic E-state index is 5.20. The Bertz CT molecular complexity index is 780. The monoisotopic (exact) mass is 411 g/mol. The topological polar surface area (TPSA) is 29.0 Å². The Morgan fingerprint density at radius 1 is 1.00 bits per heavy atom. The Balaban J connectivity index is 0.00000218. The molecule has 1 unspecified atom stereocenters. The molecule has 2 aromatic rings. The van der Waals surface area contributed by atoms with Gasteiger partial charge in [-0.3, -0.25) is 4.98 Å². The van der Waals surface area contributed by atoms with Crippen molar-refractivity contribution in [3.05, 3.63) is 40.7 Å². The summed E-state index contributed by atoms with van der Waals surface area (Å²) >= 11 is 0. The molecule has 0 saturated carbocycles. The normalized spacial score (nSPS) is 11.8. The van der Waals surface area contributed by atoms with Gasteiger partial charge in [-0.25, -0.2) is 4.98 Å². The van der Waals surface area contributed by atoms with Crippen LogP contribution in [0.3, 0.4) is 0 Å². The molecule has 0 spiro atoms. The van der Waals surface area contributed by atoms with Crippen LogP contribution in [0.4, 0.5) is 5.82 Å². The Kier molecular flexibility index (Phi) is 11.1. The maximum atomic E-state index is 5.20. The van der Waals surface area contributed by atoms with Crippen LogP contribution in [-0.4, -0.2) is 23.6 Å². The largest absolute Gasteiger partial charge is 0.360 e. The second-order valence-electron chi connectivity index (χ2n) is 8.49. The van der Waals surface area contributed by atoms with Crippen molar-refractivity contribution >= 4 is 5.82 Å². The fraction of sp³-hybridized carbons (Fsp3) is 0.630. The zero-order valence-corrected chi connectivity index (χ0v) is 21.3. The van der Waals surface area contributed by atoms with E-state index in [4.69, 9.17) is 9.97 Å². The first kappa shape index (κ1) is 26.1.